The van der Waals surface area contributed by atoms with Crippen molar-refractivity contribution in [3.8, 4) is 44.8 Å². The third-order valence-electron chi connectivity index (χ3n) is 14.4. The largest absolute Gasteiger partial charge is 0.494 e. The first-order valence-electron chi connectivity index (χ1n) is 24.8. The highest BCUT2D eigenvalue weighted by Gasteiger charge is 2.51. The molecular formula is C66H52BBr2IN2O2. The molecule has 8 heteroatoms. The minimum absolute atomic E-state index is 0.348. The van der Waals surface area contributed by atoms with E-state index in [9.17, 15) is 0 Å². The van der Waals surface area contributed by atoms with E-state index in [-0.39, 0.29) is 18.3 Å². The molecule has 0 saturated carbocycles. The molecule has 3 heterocycles. The van der Waals surface area contributed by atoms with E-state index in [0.29, 0.717) is 0 Å². The van der Waals surface area contributed by atoms with Gasteiger partial charge in [0, 0.05) is 45.4 Å². The van der Waals surface area contributed by atoms with Crippen molar-refractivity contribution in [1.82, 2.24) is 9.13 Å². The highest BCUT2D eigenvalue weighted by atomic mass is 127. The Bertz CT molecular complexity index is 3920. The Morgan fingerprint density at radius 1 is 0.365 bits per heavy atom. The van der Waals surface area contributed by atoms with Gasteiger partial charge in [-0.15, -0.1) is 0 Å². The summed E-state index contributed by atoms with van der Waals surface area (Å²) in [5, 5.41) is 5.03. The van der Waals surface area contributed by atoms with Gasteiger partial charge in [-0.2, -0.15) is 0 Å². The second kappa shape index (κ2) is 21.0. The van der Waals surface area contributed by atoms with Crippen molar-refractivity contribution >= 4 is 111 Å². The van der Waals surface area contributed by atoms with Crippen molar-refractivity contribution in [2.45, 2.75) is 38.9 Å². The molecule has 0 spiro atoms. The van der Waals surface area contributed by atoms with Gasteiger partial charge in [-0.25, -0.2) is 0 Å². The van der Waals surface area contributed by atoms with Crippen LogP contribution in [0.2, 0.25) is 0 Å². The van der Waals surface area contributed by atoms with Crippen molar-refractivity contribution in [3.05, 3.63) is 255 Å². The summed E-state index contributed by atoms with van der Waals surface area (Å²) in [6, 6.07) is 85.4. The zero-order valence-electron chi connectivity index (χ0n) is 41.5. The third-order valence-corrected chi connectivity index (χ3v) is 16.7. The lowest BCUT2D eigenvalue weighted by Gasteiger charge is -2.32. The zero-order chi connectivity index (χ0) is 51.0. The number of aromatic nitrogens is 2. The third kappa shape index (κ3) is 9.59. The first kappa shape index (κ1) is 49.7. The molecule has 1 aliphatic rings. The molecule has 12 aromatic rings. The minimum atomic E-state index is -0.364. The molecule has 0 N–H and O–H groups in total. The molecule has 0 aliphatic carbocycles. The summed E-state index contributed by atoms with van der Waals surface area (Å²) in [6.45, 7) is 8.36. The number of fused-ring (bicyclic) bond motifs is 6. The van der Waals surface area contributed by atoms with E-state index in [1.165, 1.54) is 86.2 Å². The standard InChI is InChI=1S/C30H20BrN.C24H24BNO2.C12H8BrI/c31-28-16-8-6-14-25(28)24-13-5-4-12-23(24)21-18-19-27-26-15-7-9-17-29(26)32(30(27)20-21)22-10-2-1-3-11-22;1-23(2)24(3,4)28-25(27-23)17-14-15-20-19-12-8-9-13-21(19)26(22(20)16-17)18-10-6-5-7-11-18;13-11-7-3-1-5-9(11)10-6-2-4-8-12(10)14/h1-20H;5-16H,1-4H3;1-8H. The second-order valence-electron chi connectivity index (χ2n) is 19.5. The van der Waals surface area contributed by atoms with Crippen molar-refractivity contribution in [2.24, 2.45) is 0 Å². The summed E-state index contributed by atoms with van der Waals surface area (Å²) in [6.07, 6.45) is 0. The second-order valence-corrected chi connectivity index (χ2v) is 22.3. The number of benzene rings is 10. The summed E-state index contributed by atoms with van der Waals surface area (Å²) >= 11 is 9.66. The van der Waals surface area contributed by atoms with Crippen LogP contribution in [-0.2, 0) is 9.31 Å². The maximum atomic E-state index is 6.29. The molecule has 0 amide bonds. The van der Waals surface area contributed by atoms with Gasteiger partial charge in [0.2, 0.25) is 0 Å². The Balaban J connectivity index is 0.000000128. The summed E-state index contributed by atoms with van der Waals surface area (Å²) in [5.41, 5.74) is 14.9. The van der Waals surface area contributed by atoms with Gasteiger partial charge in [0.05, 0.1) is 33.3 Å². The number of para-hydroxylation sites is 4. The van der Waals surface area contributed by atoms with E-state index in [1.807, 2.05) is 12.1 Å². The molecule has 0 unspecified atom stereocenters. The Morgan fingerprint density at radius 3 is 1.28 bits per heavy atom. The van der Waals surface area contributed by atoms with Crippen LogP contribution < -0.4 is 5.46 Å². The van der Waals surface area contributed by atoms with Gasteiger partial charge in [-0.05, 0) is 156 Å². The average Bonchev–Trinajstić information content (AvgIpc) is 4.03. The maximum Gasteiger partial charge on any atom is 0.494 e. The SMILES string of the molecule is Brc1ccccc1-c1ccccc1-c1ccc2c3ccccc3n(-c3ccccc3)c2c1.Brc1ccccc1-c1ccccc1I.CC1(C)OB(c2ccc3c4ccccc4n(-c4ccccc4)c3c2)OC1(C)C. The molecule has 2 aromatic heterocycles. The Hall–Kier alpha value is -6.53. The maximum absolute atomic E-state index is 6.29. The van der Waals surface area contributed by atoms with Crippen LogP contribution in [0.15, 0.2) is 252 Å². The smallest absolute Gasteiger partial charge is 0.399 e. The van der Waals surface area contributed by atoms with Gasteiger partial charge in [0.15, 0.2) is 0 Å². The van der Waals surface area contributed by atoms with Gasteiger partial charge in [0.25, 0.3) is 0 Å². The fourth-order valence-electron chi connectivity index (χ4n) is 9.97. The van der Waals surface area contributed by atoms with Gasteiger partial charge in [-0.3, -0.25) is 0 Å². The van der Waals surface area contributed by atoms with Gasteiger partial charge in [-0.1, -0.05) is 208 Å². The number of rotatable bonds is 6. The molecule has 362 valence electrons. The van der Waals surface area contributed by atoms with Gasteiger partial charge in [0.1, 0.15) is 0 Å². The predicted octanol–water partition coefficient (Wildman–Crippen LogP) is 18.7. The van der Waals surface area contributed by atoms with Crippen molar-refractivity contribution in [3.63, 3.8) is 0 Å². The molecule has 1 aliphatic heterocycles. The Morgan fingerprint density at radius 2 is 0.757 bits per heavy atom. The molecule has 0 atom stereocenters. The monoisotopic (exact) mass is 1200 g/mol. The van der Waals surface area contributed by atoms with Crippen LogP contribution in [0.5, 0.6) is 0 Å². The summed E-state index contributed by atoms with van der Waals surface area (Å²) in [7, 11) is -0.364. The number of halogens is 3. The highest BCUT2D eigenvalue weighted by Crippen LogP contribution is 2.41. The molecule has 1 fully saturated rings. The topological polar surface area (TPSA) is 28.3 Å². The quantitative estimate of drug-likeness (QED) is 0.123. The fraction of sp³-hybridized carbons (Fsp3) is 0.0909. The Kier molecular flexibility index (Phi) is 14.1. The van der Waals surface area contributed by atoms with E-state index in [0.717, 1.165) is 20.1 Å². The summed E-state index contributed by atoms with van der Waals surface area (Å²) < 4.78 is 20.8. The first-order chi connectivity index (χ1) is 36.0. The fourth-order valence-corrected chi connectivity index (χ4v) is 11.6. The lowest BCUT2D eigenvalue weighted by atomic mass is 9.79. The predicted molar refractivity (Wildman–Crippen MR) is 328 cm³/mol. The van der Waals surface area contributed by atoms with Crippen LogP contribution >= 0.6 is 54.5 Å². The first-order valence-corrected chi connectivity index (χ1v) is 27.5. The van der Waals surface area contributed by atoms with Crippen molar-refractivity contribution < 1.29 is 9.31 Å². The average molecular weight is 1200 g/mol. The van der Waals surface area contributed by atoms with Gasteiger partial charge >= 0.3 is 7.12 Å². The highest BCUT2D eigenvalue weighted by molar-refractivity contribution is 14.1. The van der Waals surface area contributed by atoms with E-state index in [1.54, 1.807) is 0 Å². The molecule has 1 saturated heterocycles. The molecule has 10 aromatic carbocycles. The van der Waals surface area contributed by atoms with Crippen molar-refractivity contribution in [1.29, 1.82) is 0 Å². The molecule has 0 radical (unpaired) electrons. The Labute approximate surface area is 464 Å². The van der Waals surface area contributed by atoms with Crippen LogP contribution in [0.25, 0.3) is 88.4 Å². The van der Waals surface area contributed by atoms with E-state index >= 15 is 0 Å². The van der Waals surface area contributed by atoms with Crippen molar-refractivity contribution in [2.75, 3.05) is 0 Å². The number of nitrogens with zero attached hydrogens (tertiary/aromatic N) is 2. The molecular weight excluding hydrogens is 1150 g/mol. The molecule has 0 bridgehead atoms. The van der Waals surface area contributed by atoms with Crippen LogP contribution in [0.4, 0.5) is 0 Å². The van der Waals surface area contributed by atoms with Crippen LogP contribution in [0.3, 0.4) is 0 Å². The van der Waals surface area contributed by atoms with E-state index in [4.69, 9.17) is 9.31 Å². The van der Waals surface area contributed by atoms with E-state index < -0.39 is 0 Å². The van der Waals surface area contributed by atoms with Crippen LogP contribution in [0, 0.1) is 3.57 Å². The van der Waals surface area contributed by atoms with E-state index in [2.05, 4.69) is 322 Å². The molecule has 13 rings (SSSR count). The zero-order valence-corrected chi connectivity index (χ0v) is 46.8. The summed E-state index contributed by atoms with van der Waals surface area (Å²) in [5.74, 6) is 0. The van der Waals surface area contributed by atoms with Crippen LogP contribution in [0.1, 0.15) is 27.7 Å². The lowest BCUT2D eigenvalue weighted by molar-refractivity contribution is 0.00578. The summed E-state index contributed by atoms with van der Waals surface area (Å²) in [4.78, 5) is 0. The van der Waals surface area contributed by atoms with Crippen LogP contribution in [-0.4, -0.2) is 27.5 Å². The number of hydrogen-bond acceptors (Lipinski definition) is 2. The minimum Gasteiger partial charge on any atom is -0.399 e. The lowest BCUT2D eigenvalue weighted by Crippen LogP contribution is -2.41. The van der Waals surface area contributed by atoms with Gasteiger partial charge < -0.3 is 18.4 Å². The molecule has 4 nitrogen and oxygen atoms in total. The normalized spacial score (nSPS) is 13.7. The molecule has 74 heavy (non-hydrogen) atoms. The number of hydrogen-bond donors (Lipinski definition) is 0.